The molecule has 0 aliphatic carbocycles. The standard InChI is InChI=1S/C19H23N3O2/c1-20-13-17-4-3-9-22(17)19(23)16-10-15(11-21-12-16)14-5-7-18(24-2)8-6-14/h5-8,10-12,17,20H,3-4,9,13H2,1-2H3/t17-/m1/s1. The Hall–Kier alpha value is -2.40. The van der Waals surface area contributed by atoms with Crippen molar-refractivity contribution in [1.82, 2.24) is 15.2 Å². The van der Waals surface area contributed by atoms with Gasteiger partial charge in [-0.05, 0) is 43.7 Å². The number of pyridine rings is 1. The molecule has 0 spiro atoms. The first-order valence-electron chi connectivity index (χ1n) is 8.28. The van der Waals surface area contributed by atoms with Gasteiger partial charge in [-0.2, -0.15) is 0 Å². The van der Waals surface area contributed by atoms with E-state index in [4.69, 9.17) is 4.74 Å². The second-order valence-electron chi connectivity index (χ2n) is 6.04. The summed E-state index contributed by atoms with van der Waals surface area (Å²) in [7, 11) is 3.57. The molecule has 1 fully saturated rings. The third-order valence-electron chi connectivity index (χ3n) is 4.49. The number of nitrogens with zero attached hydrogens (tertiary/aromatic N) is 2. The van der Waals surface area contributed by atoms with Crippen LogP contribution in [0.1, 0.15) is 23.2 Å². The Balaban J connectivity index is 1.82. The lowest BCUT2D eigenvalue weighted by atomic mass is 10.1. The first-order chi connectivity index (χ1) is 11.7. The highest BCUT2D eigenvalue weighted by Crippen LogP contribution is 2.24. The van der Waals surface area contributed by atoms with Crippen LogP contribution in [0.25, 0.3) is 11.1 Å². The molecular formula is C19H23N3O2. The summed E-state index contributed by atoms with van der Waals surface area (Å²) >= 11 is 0. The molecular weight excluding hydrogens is 302 g/mol. The van der Waals surface area contributed by atoms with Crippen molar-refractivity contribution in [3.63, 3.8) is 0 Å². The Bertz CT molecular complexity index is 700. The smallest absolute Gasteiger partial charge is 0.255 e. The highest BCUT2D eigenvalue weighted by atomic mass is 16.5. The van der Waals surface area contributed by atoms with E-state index in [-0.39, 0.29) is 11.9 Å². The summed E-state index contributed by atoms with van der Waals surface area (Å²) in [6.07, 6.45) is 5.56. The Morgan fingerprint density at radius 2 is 2.08 bits per heavy atom. The van der Waals surface area contributed by atoms with Crippen LogP contribution in [0.2, 0.25) is 0 Å². The van der Waals surface area contributed by atoms with E-state index >= 15 is 0 Å². The van der Waals surface area contributed by atoms with Gasteiger partial charge in [0.1, 0.15) is 5.75 Å². The molecule has 0 unspecified atom stereocenters. The fourth-order valence-electron chi connectivity index (χ4n) is 3.21. The SMILES string of the molecule is CNC[C@H]1CCCN1C(=O)c1cncc(-c2ccc(OC)cc2)c1. The minimum atomic E-state index is 0.0654. The molecule has 0 radical (unpaired) electrons. The Morgan fingerprint density at radius 3 is 2.79 bits per heavy atom. The number of nitrogens with one attached hydrogen (secondary N) is 1. The van der Waals surface area contributed by atoms with Crippen LogP contribution in [0.15, 0.2) is 42.7 Å². The highest BCUT2D eigenvalue weighted by Gasteiger charge is 2.29. The fraction of sp³-hybridized carbons (Fsp3) is 0.368. The Morgan fingerprint density at radius 1 is 1.29 bits per heavy atom. The van der Waals surface area contributed by atoms with Crippen LogP contribution in [0, 0.1) is 0 Å². The number of rotatable bonds is 5. The zero-order valence-electron chi connectivity index (χ0n) is 14.2. The molecule has 0 saturated carbocycles. The third-order valence-corrected chi connectivity index (χ3v) is 4.49. The summed E-state index contributed by atoms with van der Waals surface area (Å²) < 4.78 is 5.19. The summed E-state index contributed by atoms with van der Waals surface area (Å²) in [5.74, 6) is 0.876. The van der Waals surface area contributed by atoms with E-state index in [0.29, 0.717) is 5.56 Å². The molecule has 1 aromatic carbocycles. The van der Waals surface area contributed by atoms with Crippen molar-refractivity contribution in [2.75, 3.05) is 27.2 Å². The predicted molar refractivity (Wildman–Crippen MR) is 94.2 cm³/mol. The molecule has 1 aromatic heterocycles. The molecule has 1 atom stereocenters. The van der Waals surface area contributed by atoms with Crippen molar-refractivity contribution in [3.8, 4) is 16.9 Å². The van der Waals surface area contributed by atoms with E-state index in [1.54, 1.807) is 19.5 Å². The fourth-order valence-corrected chi connectivity index (χ4v) is 3.21. The van der Waals surface area contributed by atoms with Gasteiger partial charge in [0.2, 0.25) is 0 Å². The molecule has 24 heavy (non-hydrogen) atoms. The number of carbonyl (C=O) groups excluding carboxylic acids is 1. The topological polar surface area (TPSA) is 54.5 Å². The molecule has 126 valence electrons. The first-order valence-corrected chi connectivity index (χ1v) is 8.28. The van der Waals surface area contributed by atoms with Gasteiger partial charge in [-0.25, -0.2) is 0 Å². The molecule has 0 bridgehead atoms. The van der Waals surface area contributed by atoms with E-state index in [0.717, 1.165) is 42.8 Å². The van der Waals surface area contributed by atoms with Crippen molar-refractivity contribution >= 4 is 5.91 Å². The van der Waals surface area contributed by atoms with Gasteiger partial charge < -0.3 is 15.0 Å². The van der Waals surface area contributed by atoms with E-state index in [1.807, 2.05) is 42.3 Å². The highest BCUT2D eigenvalue weighted by molar-refractivity contribution is 5.95. The Labute approximate surface area is 142 Å². The maximum absolute atomic E-state index is 12.9. The van der Waals surface area contributed by atoms with Gasteiger partial charge in [0.15, 0.2) is 0 Å². The van der Waals surface area contributed by atoms with Gasteiger partial charge in [-0.3, -0.25) is 9.78 Å². The molecule has 1 saturated heterocycles. The molecule has 5 nitrogen and oxygen atoms in total. The van der Waals surface area contributed by atoms with Crippen LogP contribution in [-0.4, -0.2) is 49.1 Å². The van der Waals surface area contributed by atoms with Crippen LogP contribution in [0.3, 0.4) is 0 Å². The van der Waals surface area contributed by atoms with Crippen molar-refractivity contribution < 1.29 is 9.53 Å². The lowest BCUT2D eigenvalue weighted by molar-refractivity contribution is 0.0736. The molecule has 2 aromatic rings. The van der Waals surface area contributed by atoms with Crippen LogP contribution < -0.4 is 10.1 Å². The van der Waals surface area contributed by atoms with Crippen molar-refractivity contribution in [2.45, 2.75) is 18.9 Å². The molecule has 1 aliphatic rings. The van der Waals surface area contributed by atoms with E-state index < -0.39 is 0 Å². The minimum Gasteiger partial charge on any atom is -0.497 e. The number of likely N-dealkylation sites (tertiary alicyclic amines) is 1. The summed E-state index contributed by atoms with van der Waals surface area (Å²) in [5.41, 5.74) is 2.60. The zero-order chi connectivity index (χ0) is 16.9. The third kappa shape index (κ3) is 3.41. The minimum absolute atomic E-state index is 0.0654. The van der Waals surface area contributed by atoms with Gasteiger partial charge in [0.05, 0.1) is 12.7 Å². The molecule has 3 rings (SSSR count). The maximum Gasteiger partial charge on any atom is 0.255 e. The number of hydrogen-bond donors (Lipinski definition) is 1. The number of methoxy groups -OCH3 is 1. The lowest BCUT2D eigenvalue weighted by Crippen LogP contribution is -2.40. The molecule has 1 aliphatic heterocycles. The summed E-state index contributed by atoms with van der Waals surface area (Å²) in [4.78, 5) is 19.1. The number of benzene rings is 1. The van der Waals surface area contributed by atoms with Crippen LogP contribution in [0.4, 0.5) is 0 Å². The van der Waals surface area contributed by atoms with Gasteiger partial charge in [-0.15, -0.1) is 0 Å². The molecule has 1 N–H and O–H groups in total. The van der Waals surface area contributed by atoms with Gasteiger partial charge in [0.25, 0.3) is 5.91 Å². The average molecular weight is 325 g/mol. The number of amides is 1. The van der Waals surface area contributed by atoms with Gasteiger partial charge in [-0.1, -0.05) is 12.1 Å². The van der Waals surface area contributed by atoms with Crippen LogP contribution in [-0.2, 0) is 0 Å². The average Bonchev–Trinajstić information content (AvgIpc) is 3.10. The second kappa shape index (κ2) is 7.45. The predicted octanol–water partition coefficient (Wildman–Crippen LogP) is 2.58. The zero-order valence-corrected chi connectivity index (χ0v) is 14.2. The first kappa shape index (κ1) is 16.5. The van der Waals surface area contributed by atoms with Crippen molar-refractivity contribution in [1.29, 1.82) is 0 Å². The number of carbonyl (C=O) groups is 1. The van der Waals surface area contributed by atoms with E-state index in [9.17, 15) is 4.79 Å². The number of likely N-dealkylation sites (N-methyl/N-ethyl adjacent to an activating group) is 1. The molecule has 1 amide bonds. The summed E-state index contributed by atoms with van der Waals surface area (Å²) in [6.45, 7) is 1.65. The largest absolute Gasteiger partial charge is 0.497 e. The summed E-state index contributed by atoms with van der Waals surface area (Å²) in [5, 5.41) is 3.17. The Kier molecular flexibility index (Phi) is 5.11. The normalized spacial score (nSPS) is 17.1. The number of hydrogen-bond acceptors (Lipinski definition) is 4. The van der Waals surface area contributed by atoms with Crippen molar-refractivity contribution in [3.05, 3.63) is 48.3 Å². The summed E-state index contributed by atoms with van der Waals surface area (Å²) in [6, 6.07) is 9.96. The number of aromatic nitrogens is 1. The number of ether oxygens (including phenoxy) is 1. The van der Waals surface area contributed by atoms with Crippen molar-refractivity contribution in [2.24, 2.45) is 0 Å². The van der Waals surface area contributed by atoms with E-state index in [1.165, 1.54) is 0 Å². The van der Waals surface area contributed by atoms with Crippen LogP contribution in [0.5, 0.6) is 5.75 Å². The molecule has 5 heteroatoms. The quantitative estimate of drug-likeness (QED) is 0.918. The van der Waals surface area contributed by atoms with Gasteiger partial charge in [0, 0.05) is 37.1 Å². The monoisotopic (exact) mass is 325 g/mol. The maximum atomic E-state index is 12.9. The second-order valence-corrected chi connectivity index (χ2v) is 6.04. The van der Waals surface area contributed by atoms with Crippen LogP contribution >= 0.6 is 0 Å². The van der Waals surface area contributed by atoms with Gasteiger partial charge >= 0.3 is 0 Å². The molecule has 2 heterocycles. The van der Waals surface area contributed by atoms with E-state index in [2.05, 4.69) is 10.3 Å². The lowest BCUT2D eigenvalue weighted by Gasteiger charge is -2.24.